The van der Waals surface area contributed by atoms with Gasteiger partial charge in [-0.05, 0) is 18.9 Å². The number of esters is 1. The topological polar surface area (TPSA) is 50.1 Å². The molecule has 1 aromatic carbocycles. The van der Waals surface area contributed by atoms with Gasteiger partial charge in [0, 0.05) is 6.42 Å². The van der Waals surface area contributed by atoms with E-state index in [2.05, 4.69) is 6.07 Å². The van der Waals surface area contributed by atoms with Crippen molar-refractivity contribution in [2.75, 3.05) is 6.61 Å². The number of carbonyl (C=O) groups excluding carboxylic acids is 1. The molecule has 3 heteroatoms. The predicted octanol–water partition coefficient (Wildman–Crippen LogP) is 2.64. The van der Waals surface area contributed by atoms with E-state index in [-0.39, 0.29) is 11.9 Å². The lowest BCUT2D eigenvalue weighted by atomic mass is 9.95. The summed E-state index contributed by atoms with van der Waals surface area (Å²) in [5.74, 6) is -0.565. The molecule has 0 unspecified atom stereocenters. The largest absolute Gasteiger partial charge is 0.466 e. The fourth-order valence-electron chi connectivity index (χ4n) is 1.56. The molecule has 84 valence electrons. The van der Waals surface area contributed by atoms with E-state index >= 15 is 0 Å². The van der Waals surface area contributed by atoms with Crippen LogP contribution in [0.3, 0.4) is 0 Å². The average Bonchev–Trinajstić information content (AvgIpc) is 2.31. The van der Waals surface area contributed by atoms with Crippen molar-refractivity contribution in [2.45, 2.75) is 25.7 Å². The monoisotopic (exact) mass is 217 g/mol. The highest BCUT2D eigenvalue weighted by Gasteiger charge is 2.20. The number of carbonyl (C=O) groups is 1. The third kappa shape index (κ3) is 3.39. The lowest BCUT2D eigenvalue weighted by Gasteiger charge is -2.14. The molecule has 0 aliphatic carbocycles. The Morgan fingerprint density at radius 1 is 1.44 bits per heavy atom. The van der Waals surface area contributed by atoms with E-state index in [0.717, 1.165) is 5.56 Å². The van der Waals surface area contributed by atoms with Gasteiger partial charge in [-0.25, -0.2) is 0 Å². The van der Waals surface area contributed by atoms with Crippen LogP contribution in [0.4, 0.5) is 0 Å². The number of benzene rings is 1. The highest BCUT2D eigenvalue weighted by molar-refractivity contribution is 5.78. The summed E-state index contributed by atoms with van der Waals surface area (Å²) in [6.45, 7) is 2.15. The summed E-state index contributed by atoms with van der Waals surface area (Å²) in [5, 5.41) is 8.57. The average molecular weight is 217 g/mol. The zero-order chi connectivity index (χ0) is 11.8. The predicted molar refractivity (Wildman–Crippen MR) is 60.7 cm³/mol. The van der Waals surface area contributed by atoms with E-state index in [1.54, 1.807) is 6.92 Å². The highest BCUT2D eigenvalue weighted by Crippen LogP contribution is 2.22. The third-order valence-corrected chi connectivity index (χ3v) is 2.32. The number of nitriles is 1. The first kappa shape index (κ1) is 12.3. The van der Waals surface area contributed by atoms with Crippen LogP contribution in [0.1, 0.15) is 31.2 Å². The second-order valence-electron chi connectivity index (χ2n) is 3.41. The van der Waals surface area contributed by atoms with Gasteiger partial charge in [0.05, 0.1) is 18.6 Å². The minimum atomic E-state index is -0.319. The molecule has 0 fully saturated rings. The van der Waals surface area contributed by atoms with Gasteiger partial charge in [-0.3, -0.25) is 4.79 Å². The van der Waals surface area contributed by atoms with Crippen LogP contribution in [0, 0.1) is 11.3 Å². The molecule has 0 spiro atoms. The van der Waals surface area contributed by atoms with E-state index in [1.807, 2.05) is 30.3 Å². The van der Waals surface area contributed by atoms with Crippen LogP contribution in [0.2, 0.25) is 0 Å². The third-order valence-electron chi connectivity index (χ3n) is 2.32. The number of hydrogen-bond acceptors (Lipinski definition) is 3. The molecule has 0 aromatic heterocycles. The SMILES string of the molecule is CCOC(=O)[C@H](CCC#N)c1ccccc1. The Bertz CT molecular complexity index is 367. The van der Waals surface area contributed by atoms with Crippen molar-refractivity contribution >= 4 is 5.97 Å². The molecule has 0 saturated heterocycles. The summed E-state index contributed by atoms with van der Waals surface area (Å²) >= 11 is 0. The van der Waals surface area contributed by atoms with Crippen LogP contribution in [-0.4, -0.2) is 12.6 Å². The fraction of sp³-hybridized carbons (Fsp3) is 0.385. The summed E-state index contributed by atoms with van der Waals surface area (Å²) in [6.07, 6.45) is 0.873. The van der Waals surface area contributed by atoms with Crippen molar-refractivity contribution < 1.29 is 9.53 Å². The van der Waals surface area contributed by atoms with Crippen LogP contribution in [0.25, 0.3) is 0 Å². The summed E-state index contributed by atoms with van der Waals surface area (Å²) < 4.78 is 5.01. The van der Waals surface area contributed by atoms with Gasteiger partial charge in [-0.2, -0.15) is 5.26 Å². The quantitative estimate of drug-likeness (QED) is 0.712. The maximum Gasteiger partial charge on any atom is 0.313 e. The van der Waals surface area contributed by atoms with Crippen molar-refractivity contribution in [1.29, 1.82) is 5.26 Å². The summed E-state index contributed by atoms with van der Waals surface area (Å²) in [4.78, 5) is 11.7. The molecule has 0 aliphatic heterocycles. The van der Waals surface area contributed by atoms with Crippen molar-refractivity contribution in [3.05, 3.63) is 35.9 Å². The molecular formula is C13H15NO2. The minimum Gasteiger partial charge on any atom is -0.466 e. The molecule has 0 saturated carbocycles. The molecule has 0 heterocycles. The number of ether oxygens (including phenoxy) is 1. The smallest absolute Gasteiger partial charge is 0.313 e. The Balaban J connectivity index is 2.79. The van der Waals surface area contributed by atoms with Crippen LogP contribution < -0.4 is 0 Å². The van der Waals surface area contributed by atoms with Crippen molar-refractivity contribution in [3.8, 4) is 6.07 Å². The second kappa shape index (κ2) is 6.62. The summed E-state index contributed by atoms with van der Waals surface area (Å²) in [7, 11) is 0. The molecule has 3 nitrogen and oxygen atoms in total. The molecule has 1 aromatic rings. The first-order valence-corrected chi connectivity index (χ1v) is 5.38. The van der Waals surface area contributed by atoms with Gasteiger partial charge in [0.15, 0.2) is 0 Å². The van der Waals surface area contributed by atoms with E-state index in [1.165, 1.54) is 0 Å². The molecule has 1 atom stereocenters. The van der Waals surface area contributed by atoms with Gasteiger partial charge in [-0.1, -0.05) is 30.3 Å². The van der Waals surface area contributed by atoms with E-state index in [0.29, 0.717) is 19.4 Å². The Morgan fingerprint density at radius 3 is 2.69 bits per heavy atom. The maximum absolute atomic E-state index is 11.7. The van der Waals surface area contributed by atoms with Crippen LogP contribution in [-0.2, 0) is 9.53 Å². The van der Waals surface area contributed by atoms with Crippen molar-refractivity contribution in [2.24, 2.45) is 0 Å². The van der Waals surface area contributed by atoms with Gasteiger partial charge >= 0.3 is 5.97 Å². The lowest BCUT2D eigenvalue weighted by Crippen LogP contribution is -2.15. The Morgan fingerprint density at radius 2 is 2.12 bits per heavy atom. The van der Waals surface area contributed by atoms with Crippen LogP contribution in [0.15, 0.2) is 30.3 Å². The van der Waals surface area contributed by atoms with Gasteiger partial charge in [0.2, 0.25) is 0 Å². The summed E-state index contributed by atoms with van der Waals surface area (Å²) in [5.41, 5.74) is 0.913. The highest BCUT2D eigenvalue weighted by atomic mass is 16.5. The van der Waals surface area contributed by atoms with Gasteiger partial charge < -0.3 is 4.74 Å². The Labute approximate surface area is 95.7 Å². The molecule has 0 amide bonds. The van der Waals surface area contributed by atoms with Crippen LogP contribution >= 0.6 is 0 Å². The number of rotatable bonds is 5. The number of hydrogen-bond donors (Lipinski definition) is 0. The molecule has 0 radical (unpaired) electrons. The van der Waals surface area contributed by atoms with Gasteiger partial charge in [-0.15, -0.1) is 0 Å². The molecule has 0 bridgehead atoms. The standard InChI is InChI=1S/C13H15NO2/c1-2-16-13(15)12(9-6-10-14)11-7-4-3-5-8-11/h3-5,7-8,12H,2,6,9H2,1H3/t12-/m1/s1. The van der Waals surface area contributed by atoms with E-state index in [4.69, 9.17) is 10.00 Å². The van der Waals surface area contributed by atoms with Crippen molar-refractivity contribution in [1.82, 2.24) is 0 Å². The zero-order valence-electron chi connectivity index (χ0n) is 9.35. The Hall–Kier alpha value is -1.82. The molecule has 16 heavy (non-hydrogen) atoms. The lowest BCUT2D eigenvalue weighted by molar-refractivity contribution is -0.145. The second-order valence-corrected chi connectivity index (χ2v) is 3.41. The van der Waals surface area contributed by atoms with E-state index in [9.17, 15) is 4.79 Å². The normalized spacial score (nSPS) is 11.5. The summed E-state index contributed by atoms with van der Waals surface area (Å²) in [6, 6.07) is 11.5. The first-order valence-electron chi connectivity index (χ1n) is 5.38. The molecule has 0 aliphatic rings. The molecular weight excluding hydrogens is 202 g/mol. The van der Waals surface area contributed by atoms with Crippen LogP contribution in [0.5, 0.6) is 0 Å². The molecule has 1 rings (SSSR count). The van der Waals surface area contributed by atoms with Gasteiger partial charge in [0.1, 0.15) is 0 Å². The minimum absolute atomic E-state index is 0.246. The van der Waals surface area contributed by atoms with E-state index < -0.39 is 0 Å². The maximum atomic E-state index is 11.7. The molecule has 0 N–H and O–H groups in total. The number of nitrogens with zero attached hydrogens (tertiary/aromatic N) is 1. The Kier molecular flexibility index (Phi) is 5.07. The zero-order valence-corrected chi connectivity index (χ0v) is 9.35. The first-order chi connectivity index (χ1) is 7.79. The fourth-order valence-corrected chi connectivity index (χ4v) is 1.56. The van der Waals surface area contributed by atoms with Crippen molar-refractivity contribution in [3.63, 3.8) is 0 Å². The van der Waals surface area contributed by atoms with Gasteiger partial charge in [0.25, 0.3) is 0 Å².